The summed E-state index contributed by atoms with van der Waals surface area (Å²) >= 11 is 6.09. The topological polar surface area (TPSA) is 69.9 Å². The Hall–Kier alpha value is -2.57. The average molecular weight is 497 g/mol. The largest absolute Gasteiger partial charge is 0.368 e. The second kappa shape index (κ2) is 10.6. The maximum Gasteiger partial charge on any atom is 0.246 e. The molecule has 2 heterocycles. The molecule has 6 nitrogen and oxygen atoms in total. The molecule has 3 atom stereocenters. The van der Waals surface area contributed by atoms with E-state index in [2.05, 4.69) is 43.9 Å². The minimum absolute atomic E-state index is 0.0190. The molecule has 0 spiro atoms. The van der Waals surface area contributed by atoms with E-state index >= 15 is 0 Å². The van der Waals surface area contributed by atoms with Crippen LogP contribution in [-0.4, -0.2) is 60.4 Å². The summed E-state index contributed by atoms with van der Waals surface area (Å²) in [4.78, 5) is 32.2. The Bertz CT molecular complexity index is 1060. The van der Waals surface area contributed by atoms with Crippen LogP contribution in [-0.2, 0) is 9.59 Å². The number of anilines is 1. The summed E-state index contributed by atoms with van der Waals surface area (Å²) in [6.07, 6.45) is 0.775. The molecule has 188 valence electrons. The van der Waals surface area contributed by atoms with Crippen molar-refractivity contribution in [2.75, 3.05) is 37.6 Å². The maximum absolute atomic E-state index is 13.8. The highest BCUT2D eigenvalue weighted by Gasteiger charge is 2.43. The highest BCUT2D eigenvalue weighted by molar-refractivity contribution is 6.30. The van der Waals surface area contributed by atoms with E-state index in [1.807, 2.05) is 29.2 Å². The van der Waals surface area contributed by atoms with E-state index < -0.39 is 6.04 Å². The van der Waals surface area contributed by atoms with Gasteiger partial charge in [-0.25, -0.2) is 0 Å². The fourth-order valence-corrected chi connectivity index (χ4v) is 5.58. The van der Waals surface area contributed by atoms with E-state index in [0.717, 1.165) is 30.8 Å². The number of hydrogen-bond acceptors (Lipinski definition) is 4. The van der Waals surface area contributed by atoms with Crippen LogP contribution in [0, 0.1) is 12.8 Å². The van der Waals surface area contributed by atoms with Crippen molar-refractivity contribution in [3.05, 3.63) is 64.2 Å². The number of hydrogen-bond donors (Lipinski definition) is 1. The summed E-state index contributed by atoms with van der Waals surface area (Å²) in [6.45, 7) is 11.3. The highest BCUT2D eigenvalue weighted by atomic mass is 35.5. The van der Waals surface area contributed by atoms with Crippen molar-refractivity contribution in [1.82, 2.24) is 9.80 Å². The van der Waals surface area contributed by atoms with Gasteiger partial charge in [0.05, 0.1) is 0 Å². The van der Waals surface area contributed by atoms with Crippen molar-refractivity contribution in [3.63, 3.8) is 0 Å². The third-order valence-corrected chi connectivity index (χ3v) is 7.80. The van der Waals surface area contributed by atoms with Crippen molar-refractivity contribution in [3.8, 4) is 0 Å². The highest BCUT2D eigenvalue weighted by Crippen LogP contribution is 2.36. The first-order valence-corrected chi connectivity index (χ1v) is 13.0. The van der Waals surface area contributed by atoms with Crippen LogP contribution in [0.2, 0.25) is 5.02 Å². The molecular weight excluding hydrogens is 460 g/mol. The van der Waals surface area contributed by atoms with Gasteiger partial charge in [0.15, 0.2) is 0 Å². The van der Waals surface area contributed by atoms with Crippen molar-refractivity contribution in [2.24, 2.45) is 11.7 Å². The number of carbonyl (C=O) groups excluding carboxylic acids is 2. The van der Waals surface area contributed by atoms with Gasteiger partial charge in [-0.05, 0) is 48.6 Å². The Balaban J connectivity index is 1.51. The Morgan fingerprint density at radius 1 is 1.00 bits per heavy atom. The van der Waals surface area contributed by atoms with Crippen LogP contribution in [0.25, 0.3) is 0 Å². The van der Waals surface area contributed by atoms with Crippen molar-refractivity contribution >= 4 is 29.1 Å². The Morgan fingerprint density at radius 2 is 1.66 bits per heavy atom. The van der Waals surface area contributed by atoms with E-state index in [-0.39, 0.29) is 23.8 Å². The molecule has 2 aliphatic rings. The van der Waals surface area contributed by atoms with Crippen molar-refractivity contribution in [2.45, 2.75) is 52.1 Å². The summed E-state index contributed by atoms with van der Waals surface area (Å²) in [6, 6.07) is 13.6. The Labute approximate surface area is 214 Å². The van der Waals surface area contributed by atoms with Gasteiger partial charge in [-0.1, -0.05) is 55.3 Å². The first-order valence-electron chi connectivity index (χ1n) is 12.6. The van der Waals surface area contributed by atoms with E-state index in [1.54, 1.807) is 11.8 Å². The number of amides is 2. The molecule has 2 saturated heterocycles. The standard InChI is InChI=1S/C28H37ClN4O2/c1-18(2)26(30)24-17-19(3)5-10-25(24)31-13-15-32(16-14-31)28(35)27-23(11-12-33(27)20(4)34)21-6-8-22(29)9-7-21/h5-10,17-18,23,26-27H,11-16,30H2,1-4H3/t23-,26-,27+/m0/s1. The molecule has 2 fully saturated rings. The molecule has 4 rings (SSSR count). The molecule has 0 saturated carbocycles. The van der Waals surface area contributed by atoms with Gasteiger partial charge < -0.3 is 20.4 Å². The summed E-state index contributed by atoms with van der Waals surface area (Å²) < 4.78 is 0. The number of rotatable bonds is 5. The van der Waals surface area contributed by atoms with E-state index in [1.165, 1.54) is 11.1 Å². The third kappa shape index (κ3) is 5.34. The van der Waals surface area contributed by atoms with Gasteiger partial charge in [0.25, 0.3) is 0 Å². The quantitative estimate of drug-likeness (QED) is 0.667. The summed E-state index contributed by atoms with van der Waals surface area (Å²) in [5.74, 6) is 0.309. The van der Waals surface area contributed by atoms with Crippen molar-refractivity contribution in [1.29, 1.82) is 0 Å². The second-order valence-electron chi connectivity index (χ2n) is 10.2. The molecule has 2 amide bonds. The lowest BCUT2D eigenvalue weighted by Crippen LogP contribution is -2.55. The molecule has 2 N–H and O–H groups in total. The molecule has 35 heavy (non-hydrogen) atoms. The second-order valence-corrected chi connectivity index (χ2v) is 10.7. The molecule has 0 bridgehead atoms. The summed E-state index contributed by atoms with van der Waals surface area (Å²) in [7, 11) is 0. The Kier molecular flexibility index (Phi) is 7.72. The summed E-state index contributed by atoms with van der Waals surface area (Å²) in [5, 5.41) is 0.668. The lowest BCUT2D eigenvalue weighted by atomic mass is 9.90. The smallest absolute Gasteiger partial charge is 0.246 e. The van der Waals surface area contributed by atoms with Crippen LogP contribution in [0.1, 0.15) is 55.8 Å². The molecule has 2 aliphatic heterocycles. The zero-order chi connectivity index (χ0) is 25.3. The van der Waals surface area contributed by atoms with Gasteiger partial charge in [0.2, 0.25) is 11.8 Å². The molecule has 7 heteroatoms. The number of piperazine rings is 1. The first kappa shape index (κ1) is 25.5. The predicted molar refractivity (Wildman–Crippen MR) is 142 cm³/mol. The van der Waals surface area contributed by atoms with Gasteiger partial charge in [-0.15, -0.1) is 0 Å². The van der Waals surface area contributed by atoms with Crippen LogP contribution < -0.4 is 10.6 Å². The number of nitrogens with zero attached hydrogens (tertiary/aromatic N) is 3. The monoisotopic (exact) mass is 496 g/mol. The van der Waals surface area contributed by atoms with Gasteiger partial charge in [-0.3, -0.25) is 9.59 Å². The fraction of sp³-hybridized carbons (Fsp3) is 0.500. The normalized spacial score (nSPS) is 21.5. The minimum Gasteiger partial charge on any atom is -0.368 e. The minimum atomic E-state index is -0.468. The number of aryl methyl sites for hydroxylation is 1. The van der Waals surface area contributed by atoms with Crippen LogP contribution >= 0.6 is 11.6 Å². The molecule has 2 aromatic rings. The zero-order valence-corrected chi connectivity index (χ0v) is 22.0. The number of nitrogens with two attached hydrogens (primary N) is 1. The van der Waals surface area contributed by atoms with Crippen molar-refractivity contribution < 1.29 is 9.59 Å². The maximum atomic E-state index is 13.8. The lowest BCUT2D eigenvalue weighted by molar-refractivity contribution is -0.143. The molecule has 0 aliphatic carbocycles. The fourth-order valence-electron chi connectivity index (χ4n) is 5.45. The molecule has 0 aromatic heterocycles. The van der Waals surface area contributed by atoms with Gasteiger partial charge in [0, 0.05) is 62.3 Å². The average Bonchev–Trinajstić information content (AvgIpc) is 3.29. The van der Waals surface area contributed by atoms with Gasteiger partial charge in [-0.2, -0.15) is 0 Å². The van der Waals surface area contributed by atoms with E-state index in [9.17, 15) is 9.59 Å². The zero-order valence-electron chi connectivity index (χ0n) is 21.2. The predicted octanol–water partition coefficient (Wildman–Crippen LogP) is 4.36. The van der Waals surface area contributed by atoms with Crippen LogP contribution in [0.15, 0.2) is 42.5 Å². The first-order chi connectivity index (χ1) is 16.7. The van der Waals surface area contributed by atoms with Gasteiger partial charge >= 0.3 is 0 Å². The van der Waals surface area contributed by atoms with Crippen LogP contribution in [0.4, 0.5) is 5.69 Å². The van der Waals surface area contributed by atoms with Crippen LogP contribution in [0.5, 0.6) is 0 Å². The molecule has 0 radical (unpaired) electrons. The lowest BCUT2D eigenvalue weighted by Gasteiger charge is -2.40. The molecule has 2 aromatic carbocycles. The number of benzene rings is 2. The SMILES string of the molecule is CC(=O)N1CC[C@@H](c2ccc(Cl)cc2)[C@@H]1C(=O)N1CCN(c2ccc(C)cc2[C@@H](N)C(C)C)CC1. The number of halogens is 1. The van der Waals surface area contributed by atoms with Crippen LogP contribution in [0.3, 0.4) is 0 Å². The van der Waals surface area contributed by atoms with Gasteiger partial charge in [0.1, 0.15) is 6.04 Å². The summed E-state index contributed by atoms with van der Waals surface area (Å²) in [5.41, 5.74) is 11.1. The number of carbonyl (C=O) groups is 2. The van der Waals surface area contributed by atoms with E-state index in [4.69, 9.17) is 17.3 Å². The molecule has 0 unspecified atom stereocenters. The third-order valence-electron chi connectivity index (χ3n) is 7.55. The number of likely N-dealkylation sites (tertiary alicyclic amines) is 1. The Morgan fingerprint density at radius 3 is 2.26 bits per heavy atom. The molecular formula is C28H37ClN4O2. The van der Waals surface area contributed by atoms with E-state index in [0.29, 0.717) is 30.6 Å².